The summed E-state index contributed by atoms with van der Waals surface area (Å²) in [6, 6.07) is 0. The van der Waals surface area contributed by atoms with Crippen molar-refractivity contribution >= 4 is 16.1 Å². The first-order valence-electron chi connectivity index (χ1n) is 7.19. The van der Waals surface area contributed by atoms with E-state index in [1.165, 1.54) is 28.9 Å². The summed E-state index contributed by atoms with van der Waals surface area (Å²) in [6.45, 7) is 3.17. The molecule has 1 aromatic rings. The Bertz CT molecular complexity index is 618. The number of piperidine rings is 1. The van der Waals surface area contributed by atoms with Gasteiger partial charge >= 0.3 is 0 Å². The van der Waals surface area contributed by atoms with E-state index in [0.29, 0.717) is 31.0 Å². The lowest BCUT2D eigenvalue weighted by molar-refractivity contribution is 0.0939. The van der Waals surface area contributed by atoms with Gasteiger partial charge in [-0.15, -0.1) is 0 Å². The molecule has 0 atom stereocenters. The van der Waals surface area contributed by atoms with Crippen LogP contribution in [0.2, 0.25) is 0 Å². The summed E-state index contributed by atoms with van der Waals surface area (Å²) >= 11 is 0. The van der Waals surface area contributed by atoms with E-state index in [-0.39, 0.29) is 11.8 Å². The average Bonchev–Trinajstić information content (AvgIpc) is 2.91. The summed E-state index contributed by atoms with van der Waals surface area (Å²) in [5.74, 6) is 0.559. The van der Waals surface area contributed by atoms with Crippen molar-refractivity contribution < 1.29 is 17.7 Å². The average molecular weight is 330 g/mol. The molecule has 0 radical (unpaired) electrons. The summed E-state index contributed by atoms with van der Waals surface area (Å²) in [7, 11) is -0.276. The molecule has 0 aromatic carbocycles. The monoisotopic (exact) mass is 330 g/mol. The lowest BCUT2D eigenvalue weighted by Crippen LogP contribution is -2.45. The van der Waals surface area contributed by atoms with Crippen LogP contribution in [0, 0.1) is 12.8 Å². The van der Waals surface area contributed by atoms with Gasteiger partial charge in [0.1, 0.15) is 11.3 Å². The van der Waals surface area contributed by atoms with Crippen molar-refractivity contribution in [1.29, 1.82) is 0 Å². The van der Waals surface area contributed by atoms with Crippen LogP contribution in [-0.2, 0) is 10.2 Å². The van der Waals surface area contributed by atoms with Gasteiger partial charge in [0.05, 0.1) is 6.20 Å². The first-order valence-corrected chi connectivity index (χ1v) is 8.59. The summed E-state index contributed by atoms with van der Waals surface area (Å²) < 4.78 is 31.6. The smallest absolute Gasteiger partial charge is 0.281 e. The Balaban J connectivity index is 1.81. The van der Waals surface area contributed by atoms with Crippen molar-refractivity contribution in [2.75, 3.05) is 33.7 Å². The van der Waals surface area contributed by atoms with Gasteiger partial charge in [-0.05, 0) is 25.7 Å². The molecule has 0 aliphatic carbocycles. The molecular weight excluding hydrogens is 308 g/mol. The molecule has 1 saturated heterocycles. The van der Waals surface area contributed by atoms with Crippen LogP contribution >= 0.6 is 0 Å². The molecule has 8 nitrogen and oxygen atoms in total. The molecule has 1 N–H and O–H groups in total. The minimum absolute atomic E-state index is 0.206. The highest BCUT2D eigenvalue weighted by Gasteiger charge is 2.29. The van der Waals surface area contributed by atoms with E-state index in [2.05, 4.69) is 10.5 Å². The lowest BCUT2D eigenvalue weighted by atomic mass is 9.98. The van der Waals surface area contributed by atoms with Crippen molar-refractivity contribution in [2.45, 2.75) is 19.8 Å². The molecule has 0 unspecified atom stereocenters. The Morgan fingerprint density at radius 2 is 2.09 bits per heavy atom. The van der Waals surface area contributed by atoms with Crippen molar-refractivity contribution in [3.63, 3.8) is 0 Å². The van der Waals surface area contributed by atoms with Crippen LogP contribution in [0.15, 0.2) is 10.7 Å². The molecule has 1 aliphatic rings. The maximum absolute atomic E-state index is 12.0. The lowest BCUT2D eigenvalue weighted by Gasteiger charge is -2.32. The summed E-state index contributed by atoms with van der Waals surface area (Å²) in [4.78, 5) is 12.0. The maximum Gasteiger partial charge on any atom is 0.281 e. The van der Waals surface area contributed by atoms with Crippen molar-refractivity contribution in [1.82, 2.24) is 19.1 Å². The van der Waals surface area contributed by atoms with E-state index >= 15 is 0 Å². The molecule has 22 heavy (non-hydrogen) atoms. The molecule has 1 aromatic heterocycles. The molecule has 1 amide bonds. The van der Waals surface area contributed by atoms with Crippen molar-refractivity contribution in [3.05, 3.63) is 17.5 Å². The number of nitrogens with zero attached hydrogens (tertiary/aromatic N) is 3. The van der Waals surface area contributed by atoms with Crippen LogP contribution < -0.4 is 5.32 Å². The number of amides is 1. The zero-order chi connectivity index (χ0) is 16.3. The van der Waals surface area contributed by atoms with E-state index in [4.69, 9.17) is 4.52 Å². The van der Waals surface area contributed by atoms with Gasteiger partial charge in [-0.2, -0.15) is 17.0 Å². The van der Waals surface area contributed by atoms with E-state index < -0.39 is 10.2 Å². The van der Waals surface area contributed by atoms with Crippen LogP contribution in [0.3, 0.4) is 0 Å². The fourth-order valence-electron chi connectivity index (χ4n) is 2.42. The van der Waals surface area contributed by atoms with Crippen LogP contribution in [0.4, 0.5) is 0 Å². The standard InChI is InChI=1S/C13H22N4O4S/c1-10-12(9-15-21-10)13(18)14-8-11-4-6-17(7-5-11)22(19,20)16(2)3/h9,11H,4-8H2,1-3H3,(H,14,18). The van der Waals surface area contributed by atoms with Gasteiger partial charge < -0.3 is 9.84 Å². The molecule has 1 fully saturated rings. The molecule has 1 aliphatic heterocycles. The van der Waals surface area contributed by atoms with E-state index in [1.807, 2.05) is 0 Å². The zero-order valence-electron chi connectivity index (χ0n) is 13.1. The number of aromatic nitrogens is 1. The third-order valence-corrected chi connectivity index (χ3v) is 5.85. The number of hydrogen-bond donors (Lipinski definition) is 1. The first-order chi connectivity index (χ1) is 10.3. The predicted octanol–water partition coefficient (Wildman–Crippen LogP) is 0.231. The third-order valence-electron chi connectivity index (χ3n) is 3.91. The summed E-state index contributed by atoms with van der Waals surface area (Å²) in [6.07, 6.45) is 2.86. The van der Waals surface area contributed by atoms with E-state index in [0.717, 1.165) is 12.8 Å². The van der Waals surface area contributed by atoms with Crippen LogP contribution in [-0.4, -0.2) is 61.8 Å². The number of nitrogens with one attached hydrogen (secondary N) is 1. The molecular formula is C13H22N4O4S. The minimum atomic E-state index is -3.34. The van der Waals surface area contributed by atoms with Gasteiger partial charge in [-0.25, -0.2) is 0 Å². The Labute approximate surface area is 130 Å². The predicted molar refractivity (Wildman–Crippen MR) is 80.5 cm³/mol. The second-order valence-electron chi connectivity index (χ2n) is 5.64. The van der Waals surface area contributed by atoms with Crippen LogP contribution in [0.1, 0.15) is 29.0 Å². The number of hydrogen-bond acceptors (Lipinski definition) is 5. The number of aryl methyl sites for hydroxylation is 1. The number of rotatable bonds is 5. The second-order valence-corrected chi connectivity index (χ2v) is 7.78. The maximum atomic E-state index is 12.0. The van der Waals surface area contributed by atoms with E-state index in [9.17, 15) is 13.2 Å². The Hall–Kier alpha value is -1.45. The van der Waals surface area contributed by atoms with E-state index in [1.54, 1.807) is 6.92 Å². The SMILES string of the molecule is Cc1oncc1C(=O)NCC1CCN(S(=O)(=O)N(C)C)CC1. The largest absolute Gasteiger partial charge is 0.361 e. The van der Waals surface area contributed by atoms with Crippen LogP contribution in [0.25, 0.3) is 0 Å². The van der Waals surface area contributed by atoms with Gasteiger partial charge in [0, 0.05) is 33.7 Å². The molecule has 0 saturated carbocycles. The highest BCUT2D eigenvalue weighted by atomic mass is 32.2. The van der Waals surface area contributed by atoms with Gasteiger partial charge in [-0.1, -0.05) is 5.16 Å². The summed E-state index contributed by atoms with van der Waals surface area (Å²) in [5, 5.41) is 6.43. The Kier molecular flexibility index (Phi) is 5.20. The van der Waals surface area contributed by atoms with Crippen molar-refractivity contribution in [3.8, 4) is 0 Å². The molecule has 0 spiro atoms. The highest BCUT2D eigenvalue weighted by molar-refractivity contribution is 7.86. The van der Waals surface area contributed by atoms with Crippen LogP contribution in [0.5, 0.6) is 0 Å². The second kappa shape index (κ2) is 6.76. The summed E-state index contributed by atoms with van der Waals surface area (Å²) in [5.41, 5.74) is 0.438. The quantitative estimate of drug-likeness (QED) is 0.834. The highest BCUT2D eigenvalue weighted by Crippen LogP contribution is 2.20. The van der Waals surface area contributed by atoms with Gasteiger partial charge in [0.15, 0.2) is 0 Å². The molecule has 2 heterocycles. The molecule has 2 rings (SSSR count). The molecule has 9 heteroatoms. The van der Waals surface area contributed by atoms with Gasteiger partial charge in [-0.3, -0.25) is 4.79 Å². The van der Waals surface area contributed by atoms with Gasteiger partial charge in [0.25, 0.3) is 16.1 Å². The zero-order valence-corrected chi connectivity index (χ0v) is 13.9. The fraction of sp³-hybridized carbons (Fsp3) is 0.692. The topological polar surface area (TPSA) is 95.7 Å². The minimum Gasteiger partial charge on any atom is -0.361 e. The molecule has 0 bridgehead atoms. The van der Waals surface area contributed by atoms with Crippen molar-refractivity contribution in [2.24, 2.45) is 5.92 Å². The van der Waals surface area contributed by atoms with Gasteiger partial charge in [0.2, 0.25) is 0 Å². The Morgan fingerprint density at radius 1 is 1.45 bits per heavy atom. The molecule has 124 valence electrons. The number of carbonyl (C=O) groups excluding carboxylic acids is 1. The Morgan fingerprint density at radius 3 is 2.59 bits per heavy atom. The first kappa shape index (κ1) is 16.9. The fourth-order valence-corrected chi connectivity index (χ4v) is 3.56. The number of carbonyl (C=O) groups is 1. The third kappa shape index (κ3) is 3.65. The normalized spacial score (nSPS) is 17.8.